The van der Waals surface area contributed by atoms with Crippen LogP contribution in [0.25, 0.3) is 0 Å². The number of thioether (sulfide) groups is 1. The largest absolute Gasteiger partial charge is 0.465 e. The van der Waals surface area contributed by atoms with Gasteiger partial charge < -0.3 is 15.0 Å². The van der Waals surface area contributed by atoms with E-state index in [1.807, 2.05) is 24.5 Å². The third kappa shape index (κ3) is 4.05. The van der Waals surface area contributed by atoms with E-state index in [0.29, 0.717) is 22.2 Å². The van der Waals surface area contributed by atoms with Gasteiger partial charge in [0.25, 0.3) is 5.91 Å². The van der Waals surface area contributed by atoms with Crippen molar-refractivity contribution < 1.29 is 19.2 Å². The van der Waals surface area contributed by atoms with Crippen LogP contribution in [0.2, 0.25) is 0 Å². The lowest BCUT2D eigenvalue weighted by atomic mass is 10.0. The molecule has 1 amide bonds. The summed E-state index contributed by atoms with van der Waals surface area (Å²) in [5.74, 6) is -0.578. The van der Waals surface area contributed by atoms with Crippen LogP contribution in [-0.2, 0) is 17.7 Å². The smallest absolute Gasteiger partial charge is 0.341 e. The van der Waals surface area contributed by atoms with Gasteiger partial charge in [-0.3, -0.25) is 4.79 Å². The molecule has 1 unspecified atom stereocenters. The van der Waals surface area contributed by atoms with Gasteiger partial charge in [-0.15, -0.1) is 23.1 Å². The predicted octanol–water partition coefficient (Wildman–Crippen LogP) is 2.86. The topological polar surface area (TPSA) is 59.8 Å². The number of benzene rings is 1. The first kappa shape index (κ1) is 19.9. The Morgan fingerprint density at radius 3 is 2.70 bits per heavy atom. The highest BCUT2D eigenvalue weighted by Gasteiger charge is 2.32. The second-order valence-corrected chi connectivity index (χ2v) is 8.80. The Balaban J connectivity index is 1.95. The number of hydrogen-bond acceptors (Lipinski definition) is 5. The second-order valence-electron chi connectivity index (χ2n) is 6.84. The van der Waals surface area contributed by atoms with Crippen LogP contribution < -0.4 is 10.2 Å². The number of carbonyl (C=O) groups is 2. The minimum Gasteiger partial charge on any atom is -0.465 e. The van der Waals surface area contributed by atoms with Crippen LogP contribution >= 0.6 is 23.1 Å². The molecule has 2 heterocycles. The van der Waals surface area contributed by atoms with Gasteiger partial charge in [0.1, 0.15) is 11.5 Å². The van der Waals surface area contributed by atoms with Crippen LogP contribution in [0.4, 0.5) is 5.00 Å². The number of rotatable bonds is 5. The Labute approximate surface area is 168 Å². The number of carbonyl (C=O) groups excluding carboxylic acids is 2. The molecule has 3 rings (SSSR count). The minimum absolute atomic E-state index is 0.197. The SMILES string of the molecule is COC(=O)c1c(NC(=O)c2ccccc2SC)sc2c1CC[NH+](C(C)C)C2. The van der Waals surface area contributed by atoms with E-state index in [4.69, 9.17) is 4.74 Å². The third-order valence-corrected chi connectivity index (χ3v) is 6.90. The lowest BCUT2D eigenvalue weighted by Crippen LogP contribution is -3.14. The number of ether oxygens (including phenoxy) is 1. The van der Waals surface area contributed by atoms with Crippen molar-refractivity contribution in [1.29, 1.82) is 0 Å². The number of thiophene rings is 1. The van der Waals surface area contributed by atoms with Crippen molar-refractivity contribution in [2.75, 3.05) is 25.2 Å². The zero-order chi connectivity index (χ0) is 19.6. The van der Waals surface area contributed by atoms with Crippen LogP contribution in [0.3, 0.4) is 0 Å². The predicted molar refractivity (Wildman–Crippen MR) is 110 cm³/mol. The Bertz CT molecular complexity index is 861. The maximum Gasteiger partial charge on any atom is 0.341 e. The number of amides is 1. The zero-order valence-electron chi connectivity index (χ0n) is 16.0. The third-order valence-electron chi connectivity index (χ3n) is 4.96. The number of hydrogen-bond donors (Lipinski definition) is 2. The fourth-order valence-electron chi connectivity index (χ4n) is 3.40. The summed E-state index contributed by atoms with van der Waals surface area (Å²) in [5, 5.41) is 3.57. The van der Waals surface area contributed by atoms with E-state index in [9.17, 15) is 9.59 Å². The van der Waals surface area contributed by atoms with E-state index in [1.165, 1.54) is 40.0 Å². The molecule has 0 aliphatic carbocycles. The molecule has 0 spiro atoms. The molecular weight excluding hydrogens is 380 g/mol. The van der Waals surface area contributed by atoms with Crippen LogP contribution in [0.1, 0.15) is 45.0 Å². The fourth-order valence-corrected chi connectivity index (χ4v) is 5.28. The van der Waals surface area contributed by atoms with Gasteiger partial charge in [0.2, 0.25) is 0 Å². The summed E-state index contributed by atoms with van der Waals surface area (Å²) in [5.41, 5.74) is 2.17. The first-order chi connectivity index (χ1) is 13.0. The lowest BCUT2D eigenvalue weighted by Gasteiger charge is -2.27. The molecule has 0 radical (unpaired) electrons. The Kier molecular flexibility index (Phi) is 6.24. The van der Waals surface area contributed by atoms with Gasteiger partial charge in [-0.2, -0.15) is 0 Å². The highest BCUT2D eigenvalue weighted by Crippen LogP contribution is 2.36. The molecule has 144 valence electrons. The van der Waals surface area contributed by atoms with Crippen molar-refractivity contribution in [1.82, 2.24) is 0 Å². The highest BCUT2D eigenvalue weighted by molar-refractivity contribution is 7.98. The van der Waals surface area contributed by atoms with Gasteiger partial charge in [0.05, 0.1) is 35.7 Å². The highest BCUT2D eigenvalue weighted by atomic mass is 32.2. The molecule has 1 aliphatic heterocycles. The van der Waals surface area contributed by atoms with E-state index in [1.54, 1.807) is 6.07 Å². The van der Waals surface area contributed by atoms with Gasteiger partial charge in [-0.25, -0.2) is 4.79 Å². The van der Waals surface area contributed by atoms with Crippen LogP contribution in [0.5, 0.6) is 0 Å². The number of anilines is 1. The van der Waals surface area contributed by atoms with E-state index in [-0.39, 0.29) is 11.9 Å². The molecule has 1 atom stereocenters. The average molecular weight is 406 g/mol. The molecular formula is C20H25N2O3S2+. The maximum absolute atomic E-state index is 12.9. The Morgan fingerprint density at radius 2 is 2.04 bits per heavy atom. The van der Waals surface area contributed by atoms with Crippen molar-refractivity contribution in [2.24, 2.45) is 0 Å². The second kappa shape index (κ2) is 8.46. The number of methoxy groups -OCH3 is 1. The van der Waals surface area contributed by atoms with E-state index < -0.39 is 0 Å². The zero-order valence-corrected chi connectivity index (χ0v) is 17.7. The summed E-state index contributed by atoms with van der Waals surface area (Å²) in [6, 6.07) is 8.00. The average Bonchev–Trinajstić information content (AvgIpc) is 3.03. The van der Waals surface area contributed by atoms with Gasteiger partial charge in [-0.1, -0.05) is 12.1 Å². The number of nitrogens with one attached hydrogen (secondary N) is 2. The minimum atomic E-state index is -0.381. The van der Waals surface area contributed by atoms with E-state index >= 15 is 0 Å². The summed E-state index contributed by atoms with van der Waals surface area (Å²) < 4.78 is 5.01. The number of quaternary nitrogens is 1. The van der Waals surface area contributed by atoms with E-state index in [2.05, 4.69) is 19.2 Å². The van der Waals surface area contributed by atoms with Gasteiger partial charge in [0.15, 0.2) is 0 Å². The van der Waals surface area contributed by atoms with Crippen molar-refractivity contribution >= 4 is 40.0 Å². The molecule has 2 aromatic rings. The Hall–Kier alpha value is -1.83. The summed E-state index contributed by atoms with van der Waals surface area (Å²) in [6.45, 7) is 6.27. The fraction of sp³-hybridized carbons (Fsp3) is 0.400. The van der Waals surface area contributed by atoms with Crippen molar-refractivity contribution in [3.05, 3.63) is 45.8 Å². The number of esters is 1. The van der Waals surface area contributed by atoms with Crippen LogP contribution in [-0.4, -0.2) is 37.8 Å². The molecule has 7 heteroatoms. The van der Waals surface area contributed by atoms with Crippen molar-refractivity contribution in [3.63, 3.8) is 0 Å². The summed E-state index contributed by atoms with van der Waals surface area (Å²) >= 11 is 3.03. The first-order valence-corrected chi connectivity index (χ1v) is 11.0. The van der Waals surface area contributed by atoms with Crippen molar-refractivity contribution in [2.45, 2.75) is 37.8 Å². The quantitative estimate of drug-likeness (QED) is 0.593. The Morgan fingerprint density at radius 1 is 1.30 bits per heavy atom. The van der Waals surface area contributed by atoms with Crippen LogP contribution in [0.15, 0.2) is 29.2 Å². The standard InChI is InChI=1S/C20H24N2O3S2/c1-12(2)22-10-9-13-16(11-22)27-19(17(13)20(24)25-3)21-18(23)14-7-5-6-8-15(14)26-4/h5-8,12H,9-11H2,1-4H3,(H,21,23)/p+1. The van der Waals surface area contributed by atoms with Crippen molar-refractivity contribution in [3.8, 4) is 0 Å². The molecule has 0 fully saturated rings. The molecule has 1 aromatic heterocycles. The lowest BCUT2D eigenvalue weighted by molar-refractivity contribution is -0.936. The normalized spacial score (nSPS) is 16.1. The van der Waals surface area contributed by atoms with Gasteiger partial charge >= 0.3 is 5.97 Å². The molecule has 5 nitrogen and oxygen atoms in total. The molecule has 1 aliphatic rings. The first-order valence-electron chi connectivity index (χ1n) is 8.98. The summed E-state index contributed by atoms with van der Waals surface area (Å²) in [7, 11) is 1.38. The van der Waals surface area contributed by atoms with Gasteiger partial charge in [-0.05, 0) is 37.8 Å². The maximum atomic E-state index is 12.9. The molecule has 27 heavy (non-hydrogen) atoms. The molecule has 0 saturated carbocycles. The van der Waals surface area contributed by atoms with Crippen LogP contribution in [0, 0.1) is 0 Å². The molecule has 0 saturated heterocycles. The summed E-state index contributed by atoms with van der Waals surface area (Å²) in [6.07, 6.45) is 2.76. The number of fused-ring (bicyclic) bond motifs is 1. The molecule has 0 bridgehead atoms. The molecule has 1 aromatic carbocycles. The van der Waals surface area contributed by atoms with E-state index in [0.717, 1.165) is 30.0 Å². The molecule has 2 N–H and O–H groups in total. The summed E-state index contributed by atoms with van der Waals surface area (Å²) in [4.78, 5) is 28.9. The van der Waals surface area contributed by atoms with Gasteiger partial charge in [0, 0.05) is 11.3 Å². The monoisotopic (exact) mass is 405 g/mol.